The molecule has 0 unspecified atom stereocenters. The Labute approximate surface area is 93.6 Å². The quantitative estimate of drug-likeness (QED) is 0.279. The van der Waals surface area contributed by atoms with Crippen LogP contribution in [0.25, 0.3) is 0 Å². The van der Waals surface area contributed by atoms with Crippen molar-refractivity contribution in [1.82, 2.24) is 0 Å². The first-order valence-electron chi connectivity index (χ1n) is 4.26. The summed E-state index contributed by atoms with van der Waals surface area (Å²) < 4.78 is 17.2. The molecule has 0 aliphatic heterocycles. The smallest absolute Gasteiger partial charge is 0.322 e. The maximum atomic E-state index is 12.7. The molecule has 0 amide bonds. The van der Waals surface area contributed by atoms with E-state index in [0.717, 1.165) is 12.1 Å². The minimum atomic E-state index is -1.43. The fourth-order valence-corrected chi connectivity index (χ4v) is 1.00. The van der Waals surface area contributed by atoms with Crippen molar-refractivity contribution >= 4 is 17.6 Å². The van der Waals surface area contributed by atoms with Crippen LogP contribution in [0.4, 0.5) is 10.1 Å². The first kappa shape index (κ1) is 12.6. The topological polar surface area (TPSA) is 107 Å². The van der Waals surface area contributed by atoms with E-state index in [1.54, 1.807) is 0 Å². The number of benzene rings is 1. The number of aliphatic carboxylic acids is 1. The van der Waals surface area contributed by atoms with Gasteiger partial charge in [0.05, 0.1) is 11.0 Å². The molecule has 1 rings (SSSR count). The molecule has 0 radical (unpaired) electrons. The van der Waals surface area contributed by atoms with Crippen molar-refractivity contribution in [2.75, 3.05) is 0 Å². The van der Waals surface area contributed by atoms with Crippen LogP contribution in [-0.2, 0) is 9.59 Å². The number of halogens is 1. The van der Waals surface area contributed by atoms with Crippen LogP contribution in [0.1, 0.15) is 6.42 Å². The van der Waals surface area contributed by atoms with Gasteiger partial charge < -0.3 is 9.84 Å². The van der Waals surface area contributed by atoms with Gasteiger partial charge in [-0.1, -0.05) is 0 Å². The highest BCUT2D eigenvalue weighted by atomic mass is 19.1. The maximum Gasteiger partial charge on any atom is 0.322 e. The van der Waals surface area contributed by atoms with Crippen molar-refractivity contribution in [1.29, 1.82) is 0 Å². The molecule has 0 atom stereocenters. The van der Waals surface area contributed by atoms with Crippen molar-refractivity contribution in [3.63, 3.8) is 0 Å². The van der Waals surface area contributed by atoms with E-state index in [-0.39, 0.29) is 0 Å². The molecule has 1 N–H and O–H groups in total. The van der Waals surface area contributed by atoms with E-state index in [4.69, 9.17) is 5.11 Å². The summed E-state index contributed by atoms with van der Waals surface area (Å²) in [7, 11) is 0. The minimum absolute atomic E-state index is 0.498. The molecule has 17 heavy (non-hydrogen) atoms. The van der Waals surface area contributed by atoms with Crippen LogP contribution in [0.15, 0.2) is 18.2 Å². The third-order valence-corrected chi connectivity index (χ3v) is 1.64. The molecule has 0 fully saturated rings. The molecule has 0 bridgehead atoms. The number of carboxylic acid groups (broad SMARTS) is 1. The molecule has 0 aliphatic rings. The summed E-state index contributed by atoms with van der Waals surface area (Å²) in [5, 5.41) is 18.8. The number of hydrogen-bond donors (Lipinski definition) is 1. The second-order valence-electron chi connectivity index (χ2n) is 2.91. The van der Waals surface area contributed by atoms with Gasteiger partial charge in [0.1, 0.15) is 12.2 Å². The zero-order chi connectivity index (χ0) is 13.0. The Kier molecular flexibility index (Phi) is 3.70. The molecule has 0 saturated carbocycles. The third kappa shape index (κ3) is 3.52. The van der Waals surface area contributed by atoms with Crippen LogP contribution in [0, 0.1) is 15.9 Å². The number of nitro groups is 1. The van der Waals surface area contributed by atoms with E-state index in [9.17, 15) is 24.1 Å². The minimum Gasteiger partial charge on any atom is -0.481 e. The Hall–Kier alpha value is -2.51. The van der Waals surface area contributed by atoms with Crippen LogP contribution in [-0.4, -0.2) is 22.0 Å². The Morgan fingerprint density at radius 1 is 1.47 bits per heavy atom. The van der Waals surface area contributed by atoms with Crippen LogP contribution in [0.5, 0.6) is 5.75 Å². The molecular weight excluding hydrogens is 237 g/mol. The Bertz CT molecular complexity index is 486. The van der Waals surface area contributed by atoms with Gasteiger partial charge in [-0.2, -0.15) is 0 Å². The molecule has 1 aromatic carbocycles. The average Bonchev–Trinajstić information content (AvgIpc) is 2.19. The molecule has 7 nitrogen and oxygen atoms in total. The summed E-state index contributed by atoms with van der Waals surface area (Å²) in [6, 6.07) is 2.31. The van der Waals surface area contributed by atoms with Gasteiger partial charge in [-0.05, 0) is 12.1 Å². The molecule has 0 aromatic heterocycles. The van der Waals surface area contributed by atoms with Crippen molar-refractivity contribution in [3.05, 3.63) is 34.1 Å². The first-order valence-corrected chi connectivity index (χ1v) is 4.26. The fraction of sp³-hybridized carbons (Fsp3) is 0.111. The van der Waals surface area contributed by atoms with Gasteiger partial charge in [0.15, 0.2) is 0 Å². The van der Waals surface area contributed by atoms with E-state index < -0.39 is 40.5 Å². The largest absolute Gasteiger partial charge is 0.481 e. The lowest BCUT2D eigenvalue weighted by molar-refractivity contribution is -0.385. The molecule has 90 valence electrons. The van der Waals surface area contributed by atoms with Gasteiger partial charge in [0.2, 0.25) is 5.75 Å². The van der Waals surface area contributed by atoms with E-state index in [1.807, 2.05) is 0 Å². The van der Waals surface area contributed by atoms with Gasteiger partial charge in [0.25, 0.3) is 0 Å². The van der Waals surface area contributed by atoms with E-state index in [2.05, 4.69) is 4.74 Å². The Morgan fingerprint density at radius 3 is 2.65 bits per heavy atom. The van der Waals surface area contributed by atoms with Crippen LogP contribution in [0.2, 0.25) is 0 Å². The van der Waals surface area contributed by atoms with E-state index >= 15 is 0 Å². The number of nitro benzene ring substituents is 1. The monoisotopic (exact) mass is 243 g/mol. The number of ether oxygens (including phenoxy) is 1. The van der Waals surface area contributed by atoms with E-state index in [1.165, 1.54) is 0 Å². The van der Waals surface area contributed by atoms with Gasteiger partial charge in [-0.15, -0.1) is 0 Å². The highest BCUT2D eigenvalue weighted by molar-refractivity contribution is 5.91. The molecular formula is C9H6FNO6. The number of carboxylic acids is 1. The normalized spacial score (nSPS) is 9.71. The molecule has 0 spiro atoms. The predicted molar refractivity (Wildman–Crippen MR) is 50.9 cm³/mol. The van der Waals surface area contributed by atoms with Gasteiger partial charge in [-0.25, -0.2) is 4.39 Å². The van der Waals surface area contributed by atoms with Crippen molar-refractivity contribution in [2.45, 2.75) is 6.42 Å². The number of hydrogen-bond acceptors (Lipinski definition) is 5. The summed E-state index contributed by atoms with van der Waals surface area (Å²) in [5.41, 5.74) is -0.747. The molecule has 8 heteroatoms. The Balaban J connectivity index is 2.94. The van der Waals surface area contributed by atoms with Crippen LogP contribution >= 0.6 is 0 Å². The second kappa shape index (κ2) is 5.01. The molecule has 0 heterocycles. The van der Waals surface area contributed by atoms with Crippen molar-refractivity contribution in [3.8, 4) is 5.75 Å². The van der Waals surface area contributed by atoms with Gasteiger partial charge in [0, 0.05) is 0 Å². The summed E-state index contributed by atoms with van der Waals surface area (Å²) in [5.74, 6) is -3.97. The lowest BCUT2D eigenvalue weighted by Gasteiger charge is -2.03. The zero-order valence-electron chi connectivity index (χ0n) is 8.25. The maximum absolute atomic E-state index is 12.7. The lowest BCUT2D eigenvalue weighted by atomic mass is 10.3. The molecule has 0 saturated heterocycles. The Morgan fingerprint density at radius 2 is 2.12 bits per heavy atom. The lowest BCUT2D eigenvalue weighted by Crippen LogP contribution is -2.14. The van der Waals surface area contributed by atoms with Crippen molar-refractivity contribution in [2.24, 2.45) is 0 Å². The summed E-state index contributed by atoms with van der Waals surface area (Å²) in [6.07, 6.45) is -0.936. The zero-order valence-corrected chi connectivity index (χ0v) is 8.25. The number of carbonyl (C=O) groups is 2. The van der Waals surface area contributed by atoms with Gasteiger partial charge in [-0.3, -0.25) is 19.7 Å². The first-order chi connectivity index (χ1) is 7.90. The summed E-state index contributed by atoms with van der Waals surface area (Å²) in [6.45, 7) is 0. The number of carbonyl (C=O) groups excluding carboxylic acids is 1. The molecule has 0 aliphatic carbocycles. The van der Waals surface area contributed by atoms with Crippen molar-refractivity contribution < 1.29 is 28.7 Å². The van der Waals surface area contributed by atoms with Crippen LogP contribution in [0.3, 0.4) is 0 Å². The summed E-state index contributed by atoms with van der Waals surface area (Å²) in [4.78, 5) is 30.7. The second-order valence-corrected chi connectivity index (χ2v) is 2.91. The number of nitrogens with zero attached hydrogens (tertiary/aromatic N) is 1. The van der Waals surface area contributed by atoms with Crippen LogP contribution < -0.4 is 4.74 Å². The highest BCUT2D eigenvalue weighted by Crippen LogP contribution is 2.27. The summed E-state index contributed by atoms with van der Waals surface area (Å²) >= 11 is 0. The predicted octanol–water partition coefficient (Wildman–Crippen LogP) is 1.11. The SMILES string of the molecule is O=C(O)CC(=O)Oc1ccc(F)cc1[N+](=O)[O-]. The molecule has 1 aromatic rings. The standard InChI is InChI=1S/C9H6FNO6/c10-5-1-2-7(6(3-5)11(15)16)17-9(14)4-8(12)13/h1-3H,4H2,(H,12,13). The number of rotatable bonds is 4. The van der Waals surface area contributed by atoms with E-state index in [0.29, 0.717) is 6.07 Å². The average molecular weight is 243 g/mol. The highest BCUT2D eigenvalue weighted by Gasteiger charge is 2.20. The van der Waals surface area contributed by atoms with Gasteiger partial charge >= 0.3 is 17.6 Å². The fourth-order valence-electron chi connectivity index (χ4n) is 1.00. The third-order valence-electron chi connectivity index (χ3n) is 1.64. The number of esters is 1.